The number of hydrogen-bond donors (Lipinski definition) is 1. The van der Waals surface area contributed by atoms with E-state index in [0.29, 0.717) is 18.7 Å². The van der Waals surface area contributed by atoms with Crippen LogP contribution < -0.4 is 10.1 Å². The number of nitrogens with zero attached hydrogens (tertiary/aromatic N) is 1. The number of nitrogens with one attached hydrogen (secondary N) is 1. The maximum absolute atomic E-state index is 12.0. The molecule has 0 fully saturated rings. The van der Waals surface area contributed by atoms with Gasteiger partial charge in [-0.3, -0.25) is 4.79 Å². The fourth-order valence-corrected chi connectivity index (χ4v) is 2.45. The molecule has 0 aliphatic heterocycles. The Morgan fingerprint density at radius 2 is 2.04 bits per heavy atom. The van der Waals surface area contributed by atoms with Crippen LogP contribution in [0, 0.1) is 6.92 Å². The molecule has 2 aromatic rings. The summed E-state index contributed by atoms with van der Waals surface area (Å²) in [5, 5.41) is 3.04. The van der Waals surface area contributed by atoms with E-state index in [1.54, 1.807) is 12.3 Å². The number of benzene rings is 1. The topological polar surface area (TPSA) is 51.2 Å². The predicted octanol–water partition coefficient (Wildman–Crippen LogP) is 4.39. The second-order valence-electron chi connectivity index (χ2n) is 5.12. The summed E-state index contributed by atoms with van der Waals surface area (Å²) in [4.78, 5) is 16.0. The number of ether oxygens (including phenoxy) is 1. The molecule has 1 amide bonds. The molecule has 1 heterocycles. The summed E-state index contributed by atoms with van der Waals surface area (Å²) >= 11 is 9.20. The Labute approximate surface area is 149 Å². The number of aromatic nitrogens is 1. The molecule has 1 aromatic heterocycles. The van der Waals surface area contributed by atoms with Crippen molar-refractivity contribution in [1.29, 1.82) is 0 Å². The van der Waals surface area contributed by atoms with E-state index in [9.17, 15) is 4.79 Å². The number of carbonyl (C=O) groups excluding carboxylic acids is 1. The maximum atomic E-state index is 12.0. The van der Waals surface area contributed by atoms with E-state index >= 15 is 0 Å². The molecular formula is C17H18BrClN2O2. The van der Waals surface area contributed by atoms with Crippen LogP contribution in [-0.2, 0) is 0 Å². The Morgan fingerprint density at radius 3 is 2.78 bits per heavy atom. The Kier molecular flexibility index (Phi) is 6.86. The third-order valence-corrected chi connectivity index (χ3v) is 3.93. The highest BCUT2D eigenvalue weighted by Crippen LogP contribution is 2.17. The van der Waals surface area contributed by atoms with Gasteiger partial charge in [0.15, 0.2) is 0 Å². The van der Waals surface area contributed by atoms with Crippen LogP contribution >= 0.6 is 27.5 Å². The summed E-state index contributed by atoms with van der Waals surface area (Å²) < 4.78 is 6.36. The monoisotopic (exact) mass is 396 g/mol. The summed E-state index contributed by atoms with van der Waals surface area (Å²) in [5.74, 6) is 0.648. The normalized spacial score (nSPS) is 10.4. The van der Waals surface area contributed by atoms with Gasteiger partial charge in [0.1, 0.15) is 10.9 Å². The molecule has 6 heteroatoms. The van der Waals surface area contributed by atoms with Crippen LogP contribution in [0.2, 0.25) is 5.15 Å². The zero-order valence-corrected chi connectivity index (χ0v) is 15.2. The Balaban J connectivity index is 1.66. The van der Waals surface area contributed by atoms with Gasteiger partial charge in [0.2, 0.25) is 0 Å². The number of amides is 1. The number of carbonyl (C=O) groups is 1. The maximum Gasteiger partial charge on any atom is 0.254 e. The highest BCUT2D eigenvalue weighted by Gasteiger charge is 2.11. The van der Waals surface area contributed by atoms with Crippen LogP contribution in [0.25, 0.3) is 0 Å². The van der Waals surface area contributed by atoms with Crippen molar-refractivity contribution in [1.82, 2.24) is 10.3 Å². The molecule has 0 atom stereocenters. The summed E-state index contributed by atoms with van der Waals surface area (Å²) in [5.41, 5.74) is 1.58. The number of rotatable bonds is 7. The summed E-state index contributed by atoms with van der Waals surface area (Å²) in [6.45, 7) is 3.23. The molecule has 0 saturated carbocycles. The van der Waals surface area contributed by atoms with E-state index in [2.05, 4.69) is 26.2 Å². The molecule has 1 N–H and O–H groups in total. The minimum Gasteiger partial charge on any atom is -0.494 e. The van der Waals surface area contributed by atoms with Gasteiger partial charge < -0.3 is 10.1 Å². The lowest BCUT2D eigenvalue weighted by Gasteiger charge is -2.08. The van der Waals surface area contributed by atoms with Gasteiger partial charge in [-0.15, -0.1) is 0 Å². The molecule has 0 unspecified atom stereocenters. The Hall–Kier alpha value is -1.59. The summed E-state index contributed by atoms with van der Waals surface area (Å²) in [7, 11) is 0. The molecule has 23 heavy (non-hydrogen) atoms. The van der Waals surface area contributed by atoms with Gasteiger partial charge >= 0.3 is 0 Å². The van der Waals surface area contributed by atoms with Gasteiger partial charge in [-0.2, -0.15) is 0 Å². The number of unbranched alkanes of at least 4 members (excludes halogenated alkanes) is 1. The van der Waals surface area contributed by atoms with Gasteiger partial charge in [-0.05, 0) is 53.9 Å². The lowest BCUT2D eigenvalue weighted by molar-refractivity contribution is 0.0952. The van der Waals surface area contributed by atoms with Gasteiger partial charge in [-0.25, -0.2) is 4.98 Å². The van der Waals surface area contributed by atoms with Crippen LogP contribution in [0.4, 0.5) is 0 Å². The smallest absolute Gasteiger partial charge is 0.254 e. The molecule has 0 saturated heterocycles. The number of halogens is 2. The first kappa shape index (κ1) is 17.8. The van der Waals surface area contributed by atoms with Gasteiger partial charge in [0.05, 0.1) is 12.2 Å². The van der Waals surface area contributed by atoms with Crippen molar-refractivity contribution < 1.29 is 9.53 Å². The van der Waals surface area contributed by atoms with E-state index < -0.39 is 0 Å². The van der Waals surface area contributed by atoms with Gasteiger partial charge in [0, 0.05) is 17.2 Å². The van der Waals surface area contributed by atoms with Gasteiger partial charge in [-0.1, -0.05) is 29.3 Å². The fraction of sp³-hybridized carbons (Fsp3) is 0.294. The lowest BCUT2D eigenvalue weighted by atomic mass is 10.2. The number of pyridine rings is 1. The minimum atomic E-state index is -0.219. The molecule has 1 aromatic carbocycles. The molecule has 2 rings (SSSR count). The van der Waals surface area contributed by atoms with Crippen LogP contribution in [0.5, 0.6) is 5.75 Å². The predicted molar refractivity (Wildman–Crippen MR) is 95.2 cm³/mol. The molecule has 0 spiro atoms. The first-order valence-electron chi connectivity index (χ1n) is 7.35. The van der Waals surface area contributed by atoms with Crippen LogP contribution in [0.3, 0.4) is 0 Å². The molecule has 122 valence electrons. The quantitative estimate of drug-likeness (QED) is 0.557. The first-order chi connectivity index (χ1) is 11.1. The van der Waals surface area contributed by atoms with Crippen molar-refractivity contribution in [3.8, 4) is 5.75 Å². The van der Waals surface area contributed by atoms with Crippen molar-refractivity contribution in [2.45, 2.75) is 19.8 Å². The standard InChI is InChI=1S/C17H18BrClN2O2/c1-12-4-6-14(7-5-12)23-9-3-2-8-20-17(22)15-10-13(18)11-21-16(15)19/h4-7,10-11H,2-3,8-9H2,1H3,(H,20,22). The van der Waals surface area contributed by atoms with Crippen LogP contribution in [0.15, 0.2) is 41.0 Å². The molecule has 0 aliphatic carbocycles. The van der Waals surface area contributed by atoms with Crippen LogP contribution in [-0.4, -0.2) is 24.0 Å². The average molecular weight is 398 g/mol. The van der Waals surface area contributed by atoms with Crippen molar-refractivity contribution in [2.75, 3.05) is 13.2 Å². The van der Waals surface area contributed by atoms with E-state index in [-0.39, 0.29) is 11.1 Å². The van der Waals surface area contributed by atoms with E-state index in [4.69, 9.17) is 16.3 Å². The third kappa shape index (κ3) is 5.84. The zero-order valence-electron chi connectivity index (χ0n) is 12.8. The molecule has 4 nitrogen and oxygen atoms in total. The first-order valence-corrected chi connectivity index (χ1v) is 8.52. The van der Waals surface area contributed by atoms with Crippen LogP contribution in [0.1, 0.15) is 28.8 Å². The average Bonchev–Trinajstić information content (AvgIpc) is 2.54. The van der Waals surface area contributed by atoms with E-state index in [0.717, 1.165) is 23.1 Å². The zero-order chi connectivity index (χ0) is 16.7. The largest absolute Gasteiger partial charge is 0.494 e. The van der Waals surface area contributed by atoms with Gasteiger partial charge in [0.25, 0.3) is 5.91 Å². The molecule has 0 radical (unpaired) electrons. The number of aryl methyl sites for hydroxylation is 1. The van der Waals surface area contributed by atoms with E-state index in [1.165, 1.54) is 5.56 Å². The fourth-order valence-electron chi connectivity index (χ4n) is 1.93. The number of hydrogen-bond acceptors (Lipinski definition) is 3. The summed E-state index contributed by atoms with van der Waals surface area (Å²) in [6.07, 6.45) is 3.25. The third-order valence-electron chi connectivity index (χ3n) is 3.20. The molecule has 0 bridgehead atoms. The minimum absolute atomic E-state index is 0.202. The van der Waals surface area contributed by atoms with Crippen molar-refractivity contribution in [3.05, 3.63) is 57.3 Å². The van der Waals surface area contributed by atoms with Crippen molar-refractivity contribution in [2.24, 2.45) is 0 Å². The second kappa shape index (κ2) is 8.89. The van der Waals surface area contributed by atoms with Crippen molar-refractivity contribution >= 4 is 33.4 Å². The van der Waals surface area contributed by atoms with Crippen molar-refractivity contribution in [3.63, 3.8) is 0 Å². The molecule has 0 aliphatic rings. The SMILES string of the molecule is Cc1ccc(OCCCCNC(=O)c2cc(Br)cnc2Cl)cc1. The Morgan fingerprint density at radius 1 is 1.30 bits per heavy atom. The highest BCUT2D eigenvalue weighted by molar-refractivity contribution is 9.10. The Bertz CT molecular complexity index is 662. The second-order valence-corrected chi connectivity index (χ2v) is 6.39. The summed E-state index contributed by atoms with van der Waals surface area (Å²) in [6, 6.07) is 9.61. The lowest BCUT2D eigenvalue weighted by Crippen LogP contribution is -2.25. The van der Waals surface area contributed by atoms with E-state index in [1.807, 2.05) is 31.2 Å². The molecular weight excluding hydrogens is 380 g/mol. The highest BCUT2D eigenvalue weighted by atomic mass is 79.9.